The second-order valence-corrected chi connectivity index (χ2v) is 6.81. The lowest BCUT2D eigenvalue weighted by molar-refractivity contribution is -0.145. The molecule has 6 nitrogen and oxygen atoms in total. The van der Waals surface area contributed by atoms with Crippen molar-refractivity contribution in [2.45, 2.75) is 20.3 Å². The number of hydrogen-bond acceptors (Lipinski definition) is 4. The molecule has 0 radical (unpaired) electrons. The summed E-state index contributed by atoms with van der Waals surface area (Å²) >= 11 is 6.24. The van der Waals surface area contributed by atoms with Gasteiger partial charge in [-0.3, -0.25) is 9.59 Å². The van der Waals surface area contributed by atoms with Crippen LogP contribution in [0.2, 0.25) is 5.02 Å². The lowest BCUT2D eigenvalue weighted by Gasteiger charge is -2.34. The first-order chi connectivity index (χ1) is 11.9. The number of likely N-dealkylation sites (tertiary alicyclic amines) is 1. The Morgan fingerprint density at radius 3 is 2.72 bits per heavy atom. The van der Waals surface area contributed by atoms with Gasteiger partial charge < -0.3 is 14.5 Å². The van der Waals surface area contributed by atoms with Crippen molar-refractivity contribution in [1.82, 2.24) is 10.1 Å². The molecule has 1 aromatic heterocycles. The Morgan fingerprint density at radius 1 is 1.36 bits per heavy atom. The Labute approximate surface area is 150 Å². The Hall–Kier alpha value is -2.34. The van der Waals surface area contributed by atoms with E-state index in [1.54, 1.807) is 30.0 Å². The minimum atomic E-state index is -0.808. The van der Waals surface area contributed by atoms with Crippen molar-refractivity contribution in [3.05, 3.63) is 40.6 Å². The van der Waals surface area contributed by atoms with Crippen molar-refractivity contribution in [3.8, 4) is 11.3 Å². The number of aryl methyl sites for hydroxylation is 1. The molecule has 1 N–H and O–H groups in total. The maximum atomic E-state index is 13.0. The minimum Gasteiger partial charge on any atom is -0.481 e. The highest BCUT2D eigenvalue weighted by molar-refractivity contribution is 6.33. The van der Waals surface area contributed by atoms with Crippen LogP contribution in [0, 0.1) is 18.8 Å². The van der Waals surface area contributed by atoms with Gasteiger partial charge in [0.2, 0.25) is 0 Å². The van der Waals surface area contributed by atoms with Crippen molar-refractivity contribution in [1.29, 1.82) is 0 Å². The molecule has 1 amide bonds. The van der Waals surface area contributed by atoms with Crippen molar-refractivity contribution in [3.63, 3.8) is 0 Å². The van der Waals surface area contributed by atoms with Crippen LogP contribution >= 0.6 is 11.6 Å². The monoisotopic (exact) mass is 362 g/mol. The van der Waals surface area contributed by atoms with Crippen LogP contribution in [0.15, 0.2) is 28.8 Å². The minimum absolute atomic E-state index is 0.112. The lowest BCUT2D eigenvalue weighted by atomic mass is 9.86. The van der Waals surface area contributed by atoms with Gasteiger partial charge in [-0.05, 0) is 25.3 Å². The lowest BCUT2D eigenvalue weighted by Crippen LogP contribution is -2.45. The molecule has 2 atom stereocenters. The first-order valence-corrected chi connectivity index (χ1v) is 8.51. The van der Waals surface area contributed by atoms with Gasteiger partial charge in [0.15, 0.2) is 0 Å². The van der Waals surface area contributed by atoms with Crippen molar-refractivity contribution < 1.29 is 19.2 Å². The Kier molecular flexibility index (Phi) is 4.81. The number of benzene rings is 1. The zero-order valence-corrected chi connectivity index (χ0v) is 14.8. The topological polar surface area (TPSA) is 83.6 Å². The standard InChI is InChI=1S/C18H19ClN2O4/c1-10-9-21(8-7-12(10)18(23)24)17(22)15-11(2)25-20-16(15)13-5-3-4-6-14(13)19/h3-6,10,12H,7-9H2,1-2H3,(H,23,24). The van der Waals surface area contributed by atoms with Crippen molar-refractivity contribution in [2.75, 3.05) is 13.1 Å². The molecule has 1 fully saturated rings. The molecule has 1 aliphatic heterocycles. The summed E-state index contributed by atoms with van der Waals surface area (Å²) in [6.07, 6.45) is 0.438. The molecule has 1 saturated heterocycles. The third-order valence-corrected chi connectivity index (χ3v) is 5.04. The molecule has 7 heteroatoms. The third kappa shape index (κ3) is 3.26. The molecule has 2 heterocycles. The maximum absolute atomic E-state index is 13.0. The van der Waals surface area contributed by atoms with Crippen LogP contribution in [-0.2, 0) is 4.79 Å². The highest BCUT2D eigenvalue weighted by Gasteiger charge is 2.35. The molecule has 2 aromatic rings. The van der Waals surface area contributed by atoms with Crippen LogP contribution in [0.3, 0.4) is 0 Å². The molecule has 0 aliphatic carbocycles. The van der Waals surface area contributed by atoms with Gasteiger partial charge in [-0.25, -0.2) is 0 Å². The predicted octanol–water partition coefficient (Wildman–Crippen LogP) is 3.49. The van der Waals surface area contributed by atoms with Crippen LogP contribution in [-0.4, -0.2) is 40.1 Å². The highest BCUT2D eigenvalue weighted by Crippen LogP contribution is 2.33. The van der Waals surface area contributed by atoms with E-state index in [1.807, 2.05) is 13.0 Å². The third-order valence-electron chi connectivity index (χ3n) is 4.72. The van der Waals surface area contributed by atoms with E-state index < -0.39 is 11.9 Å². The quantitative estimate of drug-likeness (QED) is 0.903. The second-order valence-electron chi connectivity index (χ2n) is 6.40. The number of carboxylic acids is 1. The molecule has 3 rings (SSSR count). The van der Waals surface area contributed by atoms with E-state index in [1.165, 1.54) is 0 Å². The van der Waals surface area contributed by atoms with Gasteiger partial charge in [-0.1, -0.05) is 41.9 Å². The Bertz CT molecular complexity index is 817. The van der Waals surface area contributed by atoms with Gasteiger partial charge in [-0.15, -0.1) is 0 Å². The zero-order chi connectivity index (χ0) is 18.1. The summed E-state index contributed by atoms with van der Waals surface area (Å²) in [4.78, 5) is 26.0. The molecular weight excluding hydrogens is 344 g/mol. The first-order valence-electron chi connectivity index (χ1n) is 8.13. The summed E-state index contributed by atoms with van der Waals surface area (Å²) < 4.78 is 5.25. The normalized spacial score (nSPS) is 20.5. The molecule has 0 bridgehead atoms. The number of amides is 1. The van der Waals surface area contributed by atoms with Gasteiger partial charge in [0, 0.05) is 18.7 Å². The number of carbonyl (C=O) groups is 2. The number of halogens is 1. The Balaban J connectivity index is 1.91. The fourth-order valence-corrected chi connectivity index (χ4v) is 3.54. The fourth-order valence-electron chi connectivity index (χ4n) is 3.32. The molecule has 0 spiro atoms. The van der Waals surface area contributed by atoms with E-state index in [0.29, 0.717) is 47.1 Å². The van der Waals surface area contributed by atoms with E-state index in [2.05, 4.69) is 5.16 Å². The van der Waals surface area contributed by atoms with Crippen LogP contribution in [0.25, 0.3) is 11.3 Å². The summed E-state index contributed by atoms with van der Waals surface area (Å²) in [6, 6.07) is 7.14. The second kappa shape index (κ2) is 6.88. The predicted molar refractivity (Wildman–Crippen MR) is 92.5 cm³/mol. The Morgan fingerprint density at radius 2 is 2.08 bits per heavy atom. The van der Waals surface area contributed by atoms with Crippen LogP contribution in [0.1, 0.15) is 29.5 Å². The first kappa shape index (κ1) is 17.5. The van der Waals surface area contributed by atoms with Gasteiger partial charge in [0.25, 0.3) is 5.91 Å². The SMILES string of the molecule is Cc1onc(-c2ccccc2Cl)c1C(=O)N1CCC(C(=O)O)C(C)C1. The number of aromatic nitrogens is 1. The van der Waals surface area contributed by atoms with E-state index in [9.17, 15) is 14.7 Å². The van der Waals surface area contributed by atoms with Crippen LogP contribution < -0.4 is 0 Å². The van der Waals surface area contributed by atoms with Gasteiger partial charge in [0.05, 0.1) is 10.9 Å². The number of hydrogen-bond donors (Lipinski definition) is 1. The van der Waals surface area contributed by atoms with Gasteiger partial charge in [-0.2, -0.15) is 0 Å². The molecule has 25 heavy (non-hydrogen) atoms. The van der Waals surface area contributed by atoms with E-state index in [-0.39, 0.29) is 11.8 Å². The zero-order valence-electron chi connectivity index (χ0n) is 14.0. The van der Waals surface area contributed by atoms with Crippen LogP contribution in [0.4, 0.5) is 0 Å². The molecule has 0 saturated carbocycles. The summed E-state index contributed by atoms with van der Waals surface area (Å²) in [7, 11) is 0. The highest BCUT2D eigenvalue weighted by atomic mass is 35.5. The number of aliphatic carboxylic acids is 1. The van der Waals surface area contributed by atoms with E-state index in [0.717, 1.165) is 0 Å². The summed E-state index contributed by atoms with van der Waals surface area (Å²) in [6.45, 7) is 4.33. The number of carboxylic acid groups (broad SMARTS) is 1. The largest absolute Gasteiger partial charge is 0.481 e. The number of nitrogens with zero attached hydrogens (tertiary/aromatic N) is 2. The average molecular weight is 363 g/mol. The molecular formula is C18H19ClN2O4. The van der Waals surface area contributed by atoms with E-state index in [4.69, 9.17) is 16.1 Å². The van der Waals surface area contributed by atoms with Gasteiger partial charge >= 0.3 is 5.97 Å². The average Bonchev–Trinajstić information content (AvgIpc) is 2.95. The van der Waals surface area contributed by atoms with E-state index >= 15 is 0 Å². The number of piperidine rings is 1. The fraction of sp³-hybridized carbons (Fsp3) is 0.389. The summed E-state index contributed by atoms with van der Waals surface area (Å²) in [5.41, 5.74) is 1.44. The number of rotatable bonds is 3. The number of carbonyl (C=O) groups excluding carboxylic acids is 1. The summed E-state index contributed by atoms with van der Waals surface area (Å²) in [5, 5.41) is 13.8. The van der Waals surface area contributed by atoms with Crippen LogP contribution in [0.5, 0.6) is 0 Å². The molecule has 1 aliphatic rings. The van der Waals surface area contributed by atoms with Gasteiger partial charge in [0.1, 0.15) is 17.0 Å². The summed E-state index contributed by atoms with van der Waals surface area (Å²) in [5.74, 6) is -1.12. The van der Waals surface area contributed by atoms with Crippen molar-refractivity contribution >= 4 is 23.5 Å². The molecule has 1 aromatic carbocycles. The molecule has 2 unspecified atom stereocenters. The smallest absolute Gasteiger partial charge is 0.306 e. The maximum Gasteiger partial charge on any atom is 0.306 e. The van der Waals surface area contributed by atoms with Crippen molar-refractivity contribution in [2.24, 2.45) is 11.8 Å². The molecule has 132 valence electrons.